The number of hydrogen-bond acceptors (Lipinski definition) is 2. The van der Waals surface area contributed by atoms with Crippen LogP contribution in [0.2, 0.25) is 0 Å². The minimum atomic E-state index is 0.106. The summed E-state index contributed by atoms with van der Waals surface area (Å²) in [7, 11) is 8.40. The lowest BCUT2D eigenvalue weighted by atomic mass is 9.93. The fraction of sp³-hybridized carbons (Fsp3) is 0.560. The van der Waals surface area contributed by atoms with Crippen LogP contribution in [-0.2, 0) is 11.1 Å². The molecule has 0 aliphatic rings. The lowest BCUT2D eigenvalue weighted by molar-refractivity contribution is -0.378. The zero-order valence-corrected chi connectivity index (χ0v) is 20.6. The van der Waals surface area contributed by atoms with Crippen molar-refractivity contribution >= 4 is 0 Å². The molecule has 0 fully saturated rings. The maximum absolute atomic E-state index is 3.03. The van der Waals surface area contributed by atoms with Crippen LogP contribution in [0.5, 0.6) is 0 Å². The molecule has 0 spiro atoms. The van der Waals surface area contributed by atoms with Crippen molar-refractivity contribution in [3.63, 3.8) is 0 Å². The third-order valence-electron chi connectivity index (χ3n) is 5.14. The Morgan fingerprint density at radius 2 is 0.893 bits per heavy atom. The second-order valence-electron chi connectivity index (χ2n) is 7.56. The number of pyridine rings is 1. The van der Waals surface area contributed by atoms with E-state index < -0.39 is 0 Å². The molecule has 0 saturated carbocycles. The first-order valence-corrected chi connectivity index (χ1v) is 10.5. The monoisotopic (exact) mass is 388 g/mol. The summed E-state index contributed by atoms with van der Waals surface area (Å²) in [6.45, 7) is 16.9. The summed E-state index contributed by atoms with van der Waals surface area (Å²) >= 11 is 0. The molecule has 1 heterocycles. The largest absolute Gasteiger partial charge is 0.300 e. The molecule has 3 nitrogen and oxygen atoms in total. The van der Waals surface area contributed by atoms with Crippen molar-refractivity contribution in [3.8, 4) is 0 Å². The highest BCUT2D eigenvalue weighted by molar-refractivity contribution is 5.22. The average Bonchev–Trinajstić information content (AvgIpc) is 2.72. The van der Waals surface area contributed by atoms with Crippen molar-refractivity contribution in [2.24, 2.45) is 0 Å². The van der Waals surface area contributed by atoms with Crippen LogP contribution in [-0.4, -0.2) is 38.0 Å². The predicted octanol–water partition coefficient (Wildman–Crippen LogP) is 5.83. The van der Waals surface area contributed by atoms with Crippen molar-refractivity contribution in [1.29, 1.82) is 0 Å². The van der Waals surface area contributed by atoms with E-state index in [1.54, 1.807) is 0 Å². The first-order chi connectivity index (χ1) is 13.1. The Labute approximate surface area is 175 Å². The molecular weight excluding hydrogens is 342 g/mol. The SMILES string of the molecule is CC.CC.CN(C)C(C)(C)c1cc[nH+]cc1.CN(C)C(C)(C)c1ccccc1. The minimum absolute atomic E-state index is 0.106. The Bertz CT molecular complexity index is 532. The van der Waals surface area contributed by atoms with E-state index in [-0.39, 0.29) is 11.1 Å². The molecule has 28 heavy (non-hydrogen) atoms. The van der Waals surface area contributed by atoms with Crippen LogP contribution in [0.1, 0.15) is 66.5 Å². The summed E-state index contributed by atoms with van der Waals surface area (Å²) in [5.74, 6) is 0. The highest BCUT2D eigenvalue weighted by Gasteiger charge is 2.23. The number of aromatic amines is 1. The van der Waals surface area contributed by atoms with Crippen molar-refractivity contribution < 1.29 is 4.98 Å². The maximum atomic E-state index is 3.03. The molecule has 0 bridgehead atoms. The van der Waals surface area contributed by atoms with Crippen LogP contribution in [0.3, 0.4) is 0 Å². The van der Waals surface area contributed by atoms with Gasteiger partial charge in [-0.15, -0.1) is 0 Å². The summed E-state index contributed by atoms with van der Waals surface area (Å²) < 4.78 is 0. The van der Waals surface area contributed by atoms with Gasteiger partial charge in [0.2, 0.25) is 0 Å². The van der Waals surface area contributed by atoms with E-state index in [9.17, 15) is 0 Å². The Morgan fingerprint density at radius 1 is 0.571 bits per heavy atom. The van der Waals surface area contributed by atoms with Crippen LogP contribution in [0.4, 0.5) is 0 Å². The summed E-state index contributed by atoms with van der Waals surface area (Å²) in [6.07, 6.45) is 3.92. The van der Waals surface area contributed by atoms with E-state index in [0.29, 0.717) is 0 Å². The molecule has 0 radical (unpaired) electrons. The number of hydrogen-bond donors (Lipinski definition) is 0. The van der Waals surface area contributed by atoms with Crippen molar-refractivity contribution in [2.45, 2.75) is 66.5 Å². The summed E-state index contributed by atoms with van der Waals surface area (Å²) in [6, 6.07) is 14.8. The average molecular weight is 389 g/mol. The Balaban J connectivity index is 0. The van der Waals surface area contributed by atoms with Gasteiger partial charge in [-0.1, -0.05) is 58.0 Å². The summed E-state index contributed by atoms with van der Waals surface area (Å²) in [4.78, 5) is 7.46. The molecule has 1 aromatic carbocycles. The van der Waals surface area contributed by atoms with Gasteiger partial charge >= 0.3 is 0 Å². The van der Waals surface area contributed by atoms with Crippen LogP contribution in [0.25, 0.3) is 0 Å². The number of nitrogens with zero attached hydrogens (tertiary/aromatic N) is 2. The number of nitrogens with one attached hydrogen (secondary N) is 1. The highest BCUT2D eigenvalue weighted by Crippen LogP contribution is 2.24. The molecule has 0 aliphatic heterocycles. The fourth-order valence-corrected chi connectivity index (χ4v) is 2.16. The second-order valence-corrected chi connectivity index (χ2v) is 7.56. The van der Waals surface area contributed by atoms with Crippen LogP contribution in [0, 0.1) is 0 Å². The molecule has 2 aromatic rings. The summed E-state index contributed by atoms with van der Waals surface area (Å²) in [5.41, 5.74) is 2.91. The van der Waals surface area contributed by atoms with Crippen LogP contribution >= 0.6 is 0 Å². The van der Waals surface area contributed by atoms with Crippen molar-refractivity contribution in [2.75, 3.05) is 28.2 Å². The van der Waals surface area contributed by atoms with E-state index >= 15 is 0 Å². The molecule has 0 saturated heterocycles. The molecule has 3 heteroatoms. The van der Waals surface area contributed by atoms with E-state index in [1.165, 1.54) is 11.1 Å². The third-order valence-corrected chi connectivity index (χ3v) is 5.14. The van der Waals surface area contributed by atoms with Gasteiger partial charge in [0.1, 0.15) is 0 Å². The van der Waals surface area contributed by atoms with E-state index in [2.05, 4.69) is 113 Å². The van der Waals surface area contributed by atoms with Crippen LogP contribution < -0.4 is 4.98 Å². The van der Waals surface area contributed by atoms with Gasteiger partial charge in [0.15, 0.2) is 12.4 Å². The Morgan fingerprint density at radius 3 is 1.21 bits per heavy atom. The molecule has 0 amide bonds. The van der Waals surface area contributed by atoms with Crippen LogP contribution in [0.15, 0.2) is 54.9 Å². The molecule has 0 unspecified atom stereocenters. The number of H-pyrrole nitrogens is 1. The fourth-order valence-electron chi connectivity index (χ4n) is 2.16. The van der Waals surface area contributed by atoms with Gasteiger partial charge in [0.25, 0.3) is 0 Å². The van der Waals surface area contributed by atoms with Gasteiger partial charge in [0, 0.05) is 23.2 Å². The van der Waals surface area contributed by atoms with Gasteiger partial charge < -0.3 is 9.80 Å². The first kappa shape index (κ1) is 28.5. The van der Waals surface area contributed by atoms with Gasteiger partial charge in [-0.25, -0.2) is 4.98 Å². The second kappa shape index (κ2) is 14.3. The van der Waals surface area contributed by atoms with Gasteiger partial charge in [0.05, 0.1) is 0 Å². The van der Waals surface area contributed by atoms with E-state index in [0.717, 1.165) is 0 Å². The number of rotatable bonds is 4. The smallest absolute Gasteiger partial charge is 0.167 e. The normalized spacial score (nSPS) is 10.8. The standard InChI is InChI=1S/C11H17N.C10H16N2.2C2H6/c1-11(2,12(3)4)10-8-6-5-7-9-10;1-10(2,12(3)4)9-5-7-11-8-6-9;2*1-2/h5-9H,1-4H3;5-8H,1-4H3;2*1-2H3/p+1. The molecule has 0 aliphatic carbocycles. The van der Waals surface area contributed by atoms with Crippen molar-refractivity contribution in [3.05, 3.63) is 66.0 Å². The van der Waals surface area contributed by atoms with Gasteiger partial charge in [-0.05, 0) is 67.0 Å². The Kier molecular flexibility index (Phi) is 14.6. The topological polar surface area (TPSA) is 20.6 Å². The molecule has 1 aromatic heterocycles. The highest BCUT2D eigenvalue weighted by atomic mass is 15.1. The summed E-state index contributed by atoms with van der Waals surface area (Å²) in [5, 5.41) is 0. The maximum Gasteiger partial charge on any atom is 0.167 e. The molecular formula is C25H46N3+. The van der Waals surface area contributed by atoms with Gasteiger partial charge in [-0.3, -0.25) is 0 Å². The van der Waals surface area contributed by atoms with E-state index in [4.69, 9.17) is 0 Å². The molecule has 0 atom stereocenters. The zero-order chi connectivity index (χ0) is 22.4. The van der Waals surface area contributed by atoms with E-state index in [1.807, 2.05) is 40.1 Å². The van der Waals surface area contributed by atoms with Crippen molar-refractivity contribution in [1.82, 2.24) is 9.80 Å². The number of benzene rings is 1. The Hall–Kier alpha value is -1.71. The molecule has 1 N–H and O–H groups in total. The lowest BCUT2D eigenvalue weighted by Gasteiger charge is -2.33. The third kappa shape index (κ3) is 8.99. The minimum Gasteiger partial charge on any atom is -0.300 e. The quantitative estimate of drug-likeness (QED) is 0.656. The zero-order valence-electron chi connectivity index (χ0n) is 20.6. The first-order valence-electron chi connectivity index (χ1n) is 10.5. The molecule has 2 rings (SSSR count). The van der Waals surface area contributed by atoms with Gasteiger partial charge in [-0.2, -0.15) is 0 Å². The molecule has 160 valence electrons. The predicted molar refractivity (Wildman–Crippen MR) is 126 cm³/mol. The lowest BCUT2D eigenvalue weighted by Crippen LogP contribution is -2.35. The number of aromatic nitrogens is 1.